The molecule has 20 heavy (non-hydrogen) atoms. The molecule has 1 nitrogen and oxygen atoms in total. The highest BCUT2D eigenvalue weighted by atomic mass is 19.1. The Bertz CT molecular complexity index is 519. The summed E-state index contributed by atoms with van der Waals surface area (Å²) in [4.78, 5) is 0. The van der Waals surface area contributed by atoms with Gasteiger partial charge in [-0.25, -0.2) is 17.6 Å². The zero-order chi connectivity index (χ0) is 14.7. The Morgan fingerprint density at radius 3 is 1.30 bits per heavy atom. The summed E-state index contributed by atoms with van der Waals surface area (Å²) in [6, 6.07) is 6.67. The monoisotopic (exact) mass is 284 g/mol. The smallest absolute Gasteiger partial charge is 0.129 e. The van der Waals surface area contributed by atoms with Crippen molar-refractivity contribution in [2.45, 2.75) is 18.9 Å². The van der Waals surface area contributed by atoms with Crippen LogP contribution < -0.4 is 0 Å². The van der Waals surface area contributed by atoms with Crippen LogP contribution in [0.4, 0.5) is 17.6 Å². The molecule has 0 spiro atoms. The molecule has 0 saturated heterocycles. The summed E-state index contributed by atoms with van der Waals surface area (Å²) in [5.41, 5.74) is -0.589. The molecule has 0 aromatic heterocycles. The third kappa shape index (κ3) is 3.17. The number of hydrogen-bond acceptors (Lipinski definition) is 1. The third-order valence-electron chi connectivity index (χ3n) is 3.00. The van der Waals surface area contributed by atoms with Crippen LogP contribution in [-0.4, -0.2) is 11.2 Å². The molecule has 0 aliphatic rings. The molecule has 2 aromatic carbocycles. The van der Waals surface area contributed by atoms with Gasteiger partial charge in [0.15, 0.2) is 0 Å². The molecule has 106 valence electrons. The molecule has 1 N–H and O–H groups in total. The molecule has 0 atom stereocenters. The first-order valence-electron chi connectivity index (χ1n) is 6.03. The predicted octanol–water partition coefficient (Wildman–Crippen LogP) is 3.39. The molecule has 5 heteroatoms. The Labute approximate surface area is 113 Å². The van der Waals surface area contributed by atoms with Gasteiger partial charge in [0.25, 0.3) is 0 Å². The molecule has 0 aliphatic carbocycles. The van der Waals surface area contributed by atoms with Crippen molar-refractivity contribution >= 4 is 0 Å². The van der Waals surface area contributed by atoms with Crippen molar-refractivity contribution in [3.63, 3.8) is 0 Å². The van der Waals surface area contributed by atoms with Crippen molar-refractivity contribution in [1.29, 1.82) is 0 Å². The number of benzene rings is 2. The van der Waals surface area contributed by atoms with E-state index in [0.29, 0.717) is 0 Å². The lowest BCUT2D eigenvalue weighted by molar-refractivity contribution is 0.170. The number of rotatable bonds is 4. The van der Waals surface area contributed by atoms with Gasteiger partial charge in [-0.05, 0) is 24.3 Å². The maximum absolute atomic E-state index is 13.4. The lowest BCUT2D eigenvalue weighted by Gasteiger charge is -2.13. The van der Waals surface area contributed by atoms with Crippen LogP contribution >= 0.6 is 0 Å². The second kappa shape index (κ2) is 6.05. The minimum atomic E-state index is -1.28. The quantitative estimate of drug-likeness (QED) is 0.853. The highest BCUT2D eigenvalue weighted by Gasteiger charge is 2.17. The summed E-state index contributed by atoms with van der Waals surface area (Å²) in [6.07, 6.45) is -1.99. The van der Waals surface area contributed by atoms with Gasteiger partial charge in [-0.3, -0.25) is 0 Å². The zero-order valence-electron chi connectivity index (χ0n) is 10.4. The van der Waals surface area contributed by atoms with E-state index in [0.717, 1.165) is 24.3 Å². The molecule has 0 unspecified atom stereocenters. The van der Waals surface area contributed by atoms with Crippen LogP contribution in [0.15, 0.2) is 36.4 Å². The molecule has 0 heterocycles. The lowest BCUT2D eigenvalue weighted by Crippen LogP contribution is -2.17. The van der Waals surface area contributed by atoms with Crippen molar-refractivity contribution in [2.75, 3.05) is 0 Å². The number of halogens is 4. The Kier molecular flexibility index (Phi) is 4.39. The largest absolute Gasteiger partial charge is 0.392 e. The number of hydrogen-bond donors (Lipinski definition) is 1. The van der Waals surface area contributed by atoms with E-state index in [4.69, 9.17) is 0 Å². The molecule has 2 aromatic rings. The van der Waals surface area contributed by atoms with Crippen LogP contribution in [0, 0.1) is 23.3 Å². The van der Waals surface area contributed by atoms with Gasteiger partial charge in [0.05, 0.1) is 6.10 Å². The van der Waals surface area contributed by atoms with Crippen LogP contribution in [0.5, 0.6) is 0 Å². The van der Waals surface area contributed by atoms with Gasteiger partial charge in [0.2, 0.25) is 0 Å². The van der Waals surface area contributed by atoms with Crippen molar-refractivity contribution in [3.8, 4) is 0 Å². The average molecular weight is 284 g/mol. The SMILES string of the molecule is OC(Cc1c(F)cccc1F)Cc1c(F)cccc1F. The minimum absolute atomic E-state index is 0.295. The first kappa shape index (κ1) is 14.5. The van der Waals surface area contributed by atoms with E-state index in [-0.39, 0.29) is 24.0 Å². The summed E-state index contributed by atoms with van der Waals surface area (Å²) < 4.78 is 53.6. The third-order valence-corrected chi connectivity index (χ3v) is 3.00. The molecule has 0 bridgehead atoms. The van der Waals surface area contributed by atoms with E-state index in [1.807, 2.05) is 0 Å². The fraction of sp³-hybridized carbons (Fsp3) is 0.200. The molecule has 2 rings (SSSR count). The van der Waals surface area contributed by atoms with Gasteiger partial charge in [0.1, 0.15) is 23.3 Å². The van der Waals surface area contributed by atoms with Crippen molar-refractivity contribution in [1.82, 2.24) is 0 Å². The first-order chi connectivity index (χ1) is 9.49. The van der Waals surface area contributed by atoms with Crippen molar-refractivity contribution < 1.29 is 22.7 Å². The Morgan fingerprint density at radius 1 is 0.700 bits per heavy atom. The molecular formula is C15H12F4O. The maximum atomic E-state index is 13.4. The standard InChI is InChI=1S/C15H12F4O/c16-12-3-1-4-13(17)10(12)7-9(20)8-11-14(18)5-2-6-15(11)19/h1-6,9,20H,7-8H2. The Morgan fingerprint density at radius 2 is 1.00 bits per heavy atom. The van der Waals surface area contributed by atoms with Crippen LogP contribution in [0.3, 0.4) is 0 Å². The summed E-state index contributed by atoms with van der Waals surface area (Å²) >= 11 is 0. The van der Waals surface area contributed by atoms with Crippen LogP contribution in [0.2, 0.25) is 0 Å². The molecule has 0 saturated carbocycles. The molecule has 0 fully saturated rings. The van der Waals surface area contributed by atoms with Gasteiger partial charge in [-0.2, -0.15) is 0 Å². The van der Waals surface area contributed by atoms with E-state index in [1.54, 1.807) is 0 Å². The van der Waals surface area contributed by atoms with E-state index >= 15 is 0 Å². The van der Waals surface area contributed by atoms with Crippen LogP contribution in [-0.2, 0) is 12.8 Å². The van der Waals surface area contributed by atoms with Gasteiger partial charge in [-0.1, -0.05) is 12.1 Å². The Balaban J connectivity index is 2.15. The highest BCUT2D eigenvalue weighted by Crippen LogP contribution is 2.19. The summed E-state index contributed by atoms with van der Waals surface area (Å²) in [6.45, 7) is 0. The first-order valence-corrected chi connectivity index (χ1v) is 6.03. The molecule has 0 radical (unpaired) electrons. The number of aliphatic hydroxyl groups excluding tert-OH is 1. The normalized spacial score (nSPS) is 11.1. The van der Waals surface area contributed by atoms with Crippen LogP contribution in [0.25, 0.3) is 0 Å². The fourth-order valence-electron chi connectivity index (χ4n) is 2.00. The summed E-state index contributed by atoms with van der Waals surface area (Å²) in [5, 5.41) is 9.79. The predicted molar refractivity (Wildman–Crippen MR) is 66.1 cm³/mol. The Hall–Kier alpha value is -1.88. The van der Waals surface area contributed by atoms with Gasteiger partial charge >= 0.3 is 0 Å². The zero-order valence-corrected chi connectivity index (χ0v) is 10.4. The molecular weight excluding hydrogens is 272 g/mol. The lowest BCUT2D eigenvalue weighted by atomic mass is 10.00. The highest BCUT2D eigenvalue weighted by molar-refractivity contribution is 5.23. The maximum Gasteiger partial charge on any atom is 0.129 e. The topological polar surface area (TPSA) is 20.2 Å². The van der Waals surface area contributed by atoms with E-state index in [2.05, 4.69) is 0 Å². The van der Waals surface area contributed by atoms with E-state index < -0.39 is 29.4 Å². The molecule has 0 amide bonds. The minimum Gasteiger partial charge on any atom is -0.392 e. The van der Waals surface area contributed by atoms with Crippen molar-refractivity contribution in [2.24, 2.45) is 0 Å². The van der Waals surface area contributed by atoms with E-state index in [1.165, 1.54) is 12.1 Å². The van der Waals surface area contributed by atoms with Crippen LogP contribution in [0.1, 0.15) is 11.1 Å². The second-order valence-electron chi connectivity index (χ2n) is 4.46. The fourth-order valence-corrected chi connectivity index (χ4v) is 2.00. The van der Waals surface area contributed by atoms with Gasteiger partial charge in [0, 0.05) is 24.0 Å². The van der Waals surface area contributed by atoms with Crippen molar-refractivity contribution in [3.05, 3.63) is 70.8 Å². The summed E-state index contributed by atoms with van der Waals surface area (Å²) in [7, 11) is 0. The average Bonchev–Trinajstić information content (AvgIpc) is 2.39. The number of aliphatic hydroxyl groups is 1. The second-order valence-corrected chi connectivity index (χ2v) is 4.46. The molecule has 0 aliphatic heterocycles. The van der Waals surface area contributed by atoms with Gasteiger partial charge in [-0.15, -0.1) is 0 Å². The summed E-state index contributed by atoms with van der Waals surface area (Å²) in [5.74, 6) is -3.17. The van der Waals surface area contributed by atoms with E-state index in [9.17, 15) is 22.7 Å². The van der Waals surface area contributed by atoms with Gasteiger partial charge < -0.3 is 5.11 Å².